The summed E-state index contributed by atoms with van der Waals surface area (Å²) in [6.07, 6.45) is 1.28. The Balaban J connectivity index is 1.62. The zero-order valence-corrected chi connectivity index (χ0v) is 15.2. The average Bonchev–Trinajstić information content (AvgIpc) is 2.55. The molecule has 1 heterocycles. The lowest BCUT2D eigenvalue weighted by atomic mass is 10.1. The van der Waals surface area contributed by atoms with Gasteiger partial charge in [-0.25, -0.2) is 0 Å². The number of carbonyl (C=O) groups excluding carboxylic acids is 1. The van der Waals surface area contributed by atoms with E-state index in [1.54, 1.807) is 6.07 Å². The lowest BCUT2D eigenvalue weighted by Crippen LogP contribution is -2.47. The summed E-state index contributed by atoms with van der Waals surface area (Å²) in [5, 5.41) is 4.25. The van der Waals surface area contributed by atoms with Crippen LogP contribution in [0.25, 0.3) is 0 Å². The lowest BCUT2D eigenvalue weighted by molar-refractivity contribution is -0.121. The van der Waals surface area contributed by atoms with Crippen molar-refractivity contribution in [2.45, 2.75) is 19.8 Å². The fourth-order valence-electron chi connectivity index (χ4n) is 2.74. The minimum absolute atomic E-state index is 0.105. The number of rotatable bonds is 7. The zero-order valence-electron chi connectivity index (χ0n) is 13.7. The Morgan fingerprint density at radius 1 is 1.17 bits per heavy atom. The Kier molecular flexibility index (Phi) is 7.63. The summed E-state index contributed by atoms with van der Waals surface area (Å²) in [5.41, 5.74) is 1.01. The van der Waals surface area contributed by atoms with Crippen LogP contribution in [-0.2, 0) is 11.2 Å². The second-order valence-electron chi connectivity index (χ2n) is 5.86. The van der Waals surface area contributed by atoms with Crippen molar-refractivity contribution >= 4 is 29.1 Å². The average molecular weight is 358 g/mol. The van der Waals surface area contributed by atoms with Crippen molar-refractivity contribution in [3.05, 3.63) is 33.8 Å². The second-order valence-corrected chi connectivity index (χ2v) is 6.71. The summed E-state index contributed by atoms with van der Waals surface area (Å²) < 4.78 is 0. The van der Waals surface area contributed by atoms with Gasteiger partial charge in [-0.1, -0.05) is 36.2 Å². The number of nitrogens with one attached hydrogen (secondary N) is 1. The van der Waals surface area contributed by atoms with Crippen LogP contribution in [0.5, 0.6) is 0 Å². The Hall–Kier alpha value is -0.810. The maximum Gasteiger partial charge on any atom is 0.221 e. The molecule has 6 heteroatoms. The Morgan fingerprint density at radius 2 is 1.87 bits per heavy atom. The van der Waals surface area contributed by atoms with Gasteiger partial charge in [0.15, 0.2) is 0 Å². The molecule has 1 aromatic carbocycles. The maximum atomic E-state index is 11.9. The largest absolute Gasteiger partial charge is 0.356 e. The van der Waals surface area contributed by atoms with Crippen LogP contribution in [0.3, 0.4) is 0 Å². The van der Waals surface area contributed by atoms with E-state index in [1.165, 1.54) is 0 Å². The van der Waals surface area contributed by atoms with Gasteiger partial charge in [-0.15, -0.1) is 0 Å². The summed E-state index contributed by atoms with van der Waals surface area (Å²) in [7, 11) is 0. The van der Waals surface area contributed by atoms with Crippen LogP contribution in [0.1, 0.15) is 18.9 Å². The maximum absolute atomic E-state index is 11.9. The van der Waals surface area contributed by atoms with Crippen molar-refractivity contribution in [1.29, 1.82) is 0 Å². The Labute approximate surface area is 148 Å². The SMILES string of the molecule is CCN1CCN(CCC(=O)NCCc2ccc(Cl)cc2Cl)CC1. The summed E-state index contributed by atoms with van der Waals surface area (Å²) in [4.78, 5) is 16.7. The van der Waals surface area contributed by atoms with Crippen LogP contribution < -0.4 is 5.32 Å². The molecule has 2 rings (SSSR count). The molecule has 1 saturated heterocycles. The van der Waals surface area contributed by atoms with Crippen LogP contribution in [0.15, 0.2) is 18.2 Å². The van der Waals surface area contributed by atoms with E-state index in [9.17, 15) is 4.79 Å². The van der Waals surface area contributed by atoms with E-state index in [1.807, 2.05) is 12.1 Å². The molecule has 0 saturated carbocycles. The molecule has 4 nitrogen and oxygen atoms in total. The molecule has 0 radical (unpaired) electrons. The number of piperazine rings is 1. The van der Waals surface area contributed by atoms with E-state index < -0.39 is 0 Å². The first-order valence-corrected chi connectivity index (χ1v) is 8.99. The third-order valence-electron chi connectivity index (χ3n) is 4.30. The Bertz CT molecular complexity index is 517. The molecule has 1 fully saturated rings. The van der Waals surface area contributed by atoms with Gasteiger partial charge in [-0.3, -0.25) is 4.79 Å². The topological polar surface area (TPSA) is 35.6 Å². The summed E-state index contributed by atoms with van der Waals surface area (Å²) in [6.45, 7) is 9.07. The van der Waals surface area contributed by atoms with E-state index in [-0.39, 0.29) is 5.91 Å². The number of halogens is 2. The summed E-state index contributed by atoms with van der Waals surface area (Å²) >= 11 is 12.0. The highest BCUT2D eigenvalue weighted by Crippen LogP contribution is 2.21. The third kappa shape index (κ3) is 6.30. The first-order chi connectivity index (χ1) is 11.1. The highest BCUT2D eigenvalue weighted by Gasteiger charge is 2.15. The first-order valence-electron chi connectivity index (χ1n) is 8.24. The third-order valence-corrected chi connectivity index (χ3v) is 4.89. The fourth-order valence-corrected chi connectivity index (χ4v) is 3.24. The van der Waals surface area contributed by atoms with Crippen molar-refractivity contribution in [3.8, 4) is 0 Å². The summed E-state index contributed by atoms with van der Waals surface area (Å²) in [6, 6.07) is 5.46. The number of hydrogen-bond donors (Lipinski definition) is 1. The monoisotopic (exact) mass is 357 g/mol. The van der Waals surface area contributed by atoms with Gasteiger partial charge >= 0.3 is 0 Å². The number of amides is 1. The normalized spacial score (nSPS) is 16.5. The molecular weight excluding hydrogens is 333 g/mol. The number of hydrogen-bond acceptors (Lipinski definition) is 3. The van der Waals surface area contributed by atoms with E-state index in [0.29, 0.717) is 23.0 Å². The minimum Gasteiger partial charge on any atom is -0.356 e. The van der Waals surface area contributed by atoms with Crippen molar-refractivity contribution < 1.29 is 4.79 Å². The molecule has 0 atom stereocenters. The molecule has 128 valence electrons. The molecule has 0 spiro atoms. The van der Waals surface area contributed by atoms with Gasteiger partial charge in [-0.05, 0) is 30.7 Å². The van der Waals surface area contributed by atoms with E-state index in [2.05, 4.69) is 22.0 Å². The van der Waals surface area contributed by atoms with Gasteiger partial charge < -0.3 is 15.1 Å². The Morgan fingerprint density at radius 3 is 2.52 bits per heavy atom. The van der Waals surface area contributed by atoms with E-state index in [4.69, 9.17) is 23.2 Å². The number of likely N-dealkylation sites (N-methyl/N-ethyl adjacent to an activating group) is 1. The molecule has 1 amide bonds. The molecule has 1 aromatic rings. The molecule has 1 N–H and O–H groups in total. The second kappa shape index (κ2) is 9.48. The van der Waals surface area contributed by atoms with Crippen LogP contribution in [0, 0.1) is 0 Å². The highest BCUT2D eigenvalue weighted by molar-refractivity contribution is 6.35. The molecule has 1 aliphatic rings. The smallest absolute Gasteiger partial charge is 0.221 e. The zero-order chi connectivity index (χ0) is 16.7. The molecule has 0 aliphatic carbocycles. The minimum atomic E-state index is 0.105. The molecule has 0 unspecified atom stereocenters. The number of benzene rings is 1. The van der Waals surface area contributed by atoms with Crippen LogP contribution in [-0.4, -0.2) is 61.5 Å². The van der Waals surface area contributed by atoms with Crippen LogP contribution >= 0.6 is 23.2 Å². The predicted octanol–water partition coefficient (Wildman–Crippen LogP) is 2.68. The van der Waals surface area contributed by atoms with Gasteiger partial charge in [0.2, 0.25) is 5.91 Å². The standard InChI is InChI=1S/C17H25Cl2N3O/c1-2-21-9-11-22(12-10-21)8-6-17(23)20-7-5-14-3-4-15(18)13-16(14)19/h3-4,13H,2,5-12H2,1H3,(H,20,23). The van der Waals surface area contributed by atoms with Crippen molar-refractivity contribution in [3.63, 3.8) is 0 Å². The van der Waals surface area contributed by atoms with E-state index >= 15 is 0 Å². The van der Waals surface area contributed by atoms with Gasteiger partial charge in [-0.2, -0.15) is 0 Å². The lowest BCUT2D eigenvalue weighted by Gasteiger charge is -2.33. The van der Waals surface area contributed by atoms with Crippen molar-refractivity contribution in [2.24, 2.45) is 0 Å². The molecule has 0 aromatic heterocycles. The van der Waals surface area contributed by atoms with Gasteiger partial charge in [0.25, 0.3) is 0 Å². The quantitative estimate of drug-likeness (QED) is 0.814. The molecule has 0 bridgehead atoms. The van der Waals surface area contributed by atoms with Crippen LogP contribution in [0.2, 0.25) is 10.0 Å². The summed E-state index contributed by atoms with van der Waals surface area (Å²) in [5.74, 6) is 0.105. The fraction of sp³-hybridized carbons (Fsp3) is 0.588. The van der Waals surface area contributed by atoms with Crippen LogP contribution in [0.4, 0.5) is 0 Å². The first kappa shape index (κ1) is 18.5. The van der Waals surface area contributed by atoms with Crippen molar-refractivity contribution in [2.75, 3.05) is 45.8 Å². The molecule has 23 heavy (non-hydrogen) atoms. The molecule has 1 aliphatic heterocycles. The number of carbonyl (C=O) groups is 1. The van der Waals surface area contributed by atoms with Gasteiger partial charge in [0.05, 0.1) is 0 Å². The van der Waals surface area contributed by atoms with E-state index in [0.717, 1.165) is 51.3 Å². The van der Waals surface area contributed by atoms with Gasteiger partial charge in [0, 0.05) is 55.7 Å². The number of nitrogens with zero attached hydrogens (tertiary/aromatic N) is 2. The van der Waals surface area contributed by atoms with Gasteiger partial charge in [0.1, 0.15) is 0 Å². The van der Waals surface area contributed by atoms with Crippen molar-refractivity contribution in [1.82, 2.24) is 15.1 Å². The molecular formula is C17H25Cl2N3O. The highest BCUT2D eigenvalue weighted by atomic mass is 35.5. The predicted molar refractivity (Wildman–Crippen MR) is 96.3 cm³/mol.